The van der Waals surface area contributed by atoms with Gasteiger partial charge in [0.05, 0.1) is 17.6 Å². The topological polar surface area (TPSA) is 106 Å². The van der Waals surface area contributed by atoms with Gasteiger partial charge >= 0.3 is 0 Å². The molecule has 0 bridgehead atoms. The predicted molar refractivity (Wildman–Crippen MR) is 153 cm³/mol. The van der Waals surface area contributed by atoms with Crippen LogP contribution in [0.25, 0.3) is 22.6 Å². The van der Waals surface area contributed by atoms with Gasteiger partial charge < -0.3 is 20.1 Å². The zero-order valence-corrected chi connectivity index (χ0v) is 22.4. The van der Waals surface area contributed by atoms with Crippen molar-refractivity contribution in [2.45, 2.75) is 6.61 Å². The molecular weight excluding hydrogens is 492 g/mol. The van der Waals surface area contributed by atoms with E-state index in [1.54, 1.807) is 25.7 Å². The highest BCUT2D eigenvalue weighted by Gasteiger charge is 2.14. The van der Waals surface area contributed by atoms with E-state index < -0.39 is 0 Å². The summed E-state index contributed by atoms with van der Waals surface area (Å²) in [6.45, 7) is 6.33. The normalized spacial score (nSPS) is 15.3. The fourth-order valence-electron chi connectivity index (χ4n) is 4.47. The second kappa shape index (κ2) is 12.5. The summed E-state index contributed by atoms with van der Waals surface area (Å²) in [7, 11) is 3.88. The first-order chi connectivity index (χ1) is 19.1. The smallest absolute Gasteiger partial charge is 0.217 e. The molecule has 1 saturated heterocycles. The van der Waals surface area contributed by atoms with Crippen molar-refractivity contribution in [2.24, 2.45) is 10.7 Å². The van der Waals surface area contributed by atoms with Crippen LogP contribution in [-0.2, 0) is 6.61 Å². The monoisotopic (exact) mass is 526 g/mol. The first-order valence-corrected chi connectivity index (χ1v) is 13.0. The van der Waals surface area contributed by atoms with Crippen LogP contribution in [0.4, 0.5) is 0 Å². The third-order valence-electron chi connectivity index (χ3n) is 6.78. The van der Waals surface area contributed by atoms with Crippen LogP contribution in [0.15, 0.2) is 72.4 Å². The molecule has 0 radical (unpaired) electrons. The molecule has 1 aliphatic rings. The minimum absolute atomic E-state index is 0.377. The molecule has 10 nitrogen and oxygen atoms in total. The van der Waals surface area contributed by atoms with Crippen LogP contribution in [0.2, 0.25) is 0 Å². The van der Waals surface area contributed by atoms with E-state index in [0.717, 1.165) is 72.2 Å². The highest BCUT2D eigenvalue weighted by atomic mass is 16.5. The molecule has 2 N–H and O–H groups in total. The highest BCUT2D eigenvalue weighted by Crippen LogP contribution is 2.24. The minimum Gasteiger partial charge on any atom is -0.492 e. The van der Waals surface area contributed by atoms with Crippen LogP contribution in [0.3, 0.4) is 0 Å². The molecule has 4 aromatic rings. The van der Waals surface area contributed by atoms with Gasteiger partial charge in [-0.25, -0.2) is 15.0 Å². The van der Waals surface area contributed by atoms with E-state index in [9.17, 15) is 0 Å². The molecule has 0 saturated carbocycles. The quantitative estimate of drug-likeness (QED) is 0.315. The van der Waals surface area contributed by atoms with Gasteiger partial charge in [-0.3, -0.25) is 14.3 Å². The number of allylic oxidation sites excluding steroid dienone is 1. The zero-order chi connectivity index (χ0) is 27.0. The number of nitrogens with two attached hydrogens (primary N) is 1. The van der Waals surface area contributed by atoms with Crippen LogP contribution in [-0.4, -0.2) is 88.8 Å². The number of rotatable bonds is 10. The number of fused-ring (bicyclic) bond motifs is 1. The SMILES string of the molecule is CN=CC(=CN)c1ccc(COc2cc(-c3cnc4cc(OCCN5CCN(C)CC5)ccn34)ncn2)cc1. The first-order valence-electron chi connectivity index (χ1n) is 13.0. The van der Waals surface area contributed by atoms with Crippen LogP contribution >= 0.6 is 0 Å². The van der Waals surface area contributed by atoms with Crippen LogP contribution in [0, 0.1) is 0 Å². The number of pyridine rings is 1. The second-order valence-electron chi connectivity index (χ2n) is 9.46. The molecular formula is C29H34N8O2. The predicted octanol–water partition coefficient (Wildman–Crippen LogP) is 3.00. The summed E-state index contributed by atoms with van der Waals surface area (Å²) in [5.74, 6) is 1.30. The molecule has 0 unspecified atom stereocenters. The summed E-state index contributed by atoms with van der Waals surface area (Å²) < 4.78 is 14.0. The molecule has 10 heteroatoms. The van der Waals surface area contributed by atoms with Crippen molar-refractivity contribution in [1.82, 2.24) is 29.2 Å². The van der Waals surface area contributed by atoms with Gasteiger partial charge in [-0.2, -0.15) is 0 Å². The molecule has 0 atom stereocenters. The summed E-state index contributed by atoms with van der Waals surface area (Å²) >= 11 is 0. The molecule has 1 aromatic carbocycles. The van der Waals surface area contributed by atoms with Gasteiger partial charge in [-0.05, 0) is 24.2 Å². The summed E-state index contributed by atoms with van der Waals surface area (Å²) in [5.41, 5.74) is 10.9. The summed E-state index contributed by atoms with van der Waals surface area (Å²) in [5, 5.41) is 0. The molecule has 0 amide bonds. The van der Waals surface area contributed by atoms with Crippen LogP contribution < -0.4 is 15.2 Å². The maximum atomic E-state index is 6.02. The number of nitrogens with zero attached hydrogens (tertiary/aromatic N) is 7. The van der Waals surface area contributed by atoms with E-state index in [-0.39, 0.29) is 0 Å². The lowest BCUT2D eigenvalue weighted by atomic mass is 10.1. The molecule has 1 fully saturated rings. The van der Waals surface area contributed by atoms with E-state index in [2.05, 4.69) is 36.8 Å². The molecule has 202 valence electrons. The van der Waals surface area contributed by atoms with Gasteiger partial charge in [0.1, 0.15) is 30.9 Å². The molecule has 0 aliphatic carbocycles. The number of ether oxygens (including phenoxy) is 2. The Hall–Kier alpha value is -4.28. The standard InChI is InChI=1S/C29H34N8O2/c1-31-18-24(17-30)23-5-3-22(4-6-23)20-39-29-16-26(33-21-34-29)27-19-32-28-15-25(7-8-37(27)28)38-14-13-36-11-9-35(2)10-12-36/h3-8,15-19,21H,9-14,20,30H2,1-2H3. The van der Waals surface area contributed by atoms with Crippen molar-refractivity contribution in [3.05, 3.63) is 78.5 Å². The molecule has 3 aromatic heterocycles. The van der Waals surface area contributed by atoms with Crippen LogP contribution in [0.5, 0.6) is 11.6 Å². The molecule has 1 aliphatic heterocycles. The largest absolute Gasteiger partial charge is 0.492 e. The third-order valence-corrected chi connectivity index (χ3v) is 6.78. The number of imidazole rings is 1. The molecule has 0 spiro atoms. The van der Waals surface area contributed by atoms with E-state index in [1.807, 2.05) is 53.1 Å². The van der Waals surface area contributed by atoms with E-state index >= 15 is 0 Å². The van der Waals surface area contributed by atoms with Crippen molar-refractivity contribution >= 4 is 17.4 Å². The lowest BCUT2D eigenvalue weighted by molar-refractivity contribution is 0.134. The third kappa shape index (κ3) is 6.60. The number of hydrogen-bond donors (Lipinski definition) is 1. The van der Waals surface area contributed by atoms with Crippen molar-refractivity contribution in [2.75, 3.05) is 53.4 Å². The van der Waals surface area contributed by atoms with Crippen LogP contribution in [0.1, 0.15) is 11.1 Å². The maximum Gasteiger partial charge on any atom is 0.217 e. The average molecular weight is 527 g/mol. The van der Waals surface area contributed by atoms with Gasteiger partial charge in [0, 0.05) is 76.1 Å². The minimum atomic E-state index is 0.377. The number of likely N-dealkylation sites (N-methyl/N-ethyl adjacent to an activating group) is 1. The number of benzene rings is 1. The average Bonchev–Trinajstić information content (AvgIpc) is 3.40. The molecule has 5 rings (SSSR count). The van der Waals surface area contributed by atoms with Crippen molar-refractivity contribution in [3.63, 3.8) is 0 Å². The highest BCUT2D eigenvalue weighted by molar-refractivity contribution is 6.09. The van der Waals surface area contributed by atoms with Gasteiger partial charge in [0.25, 0.3) is 0 Å². The van der Waals surface area contributed by atoms with E-state index in [0.29, 0.717) is 19.1 Å². The number of piperazine rings is 1. The van der Waals surface area contributed by atoms with E-state index in [1.165, 1.54) is 6.33 Å². The Kier molecular flexibility index (Phi) is 8.45. The number of aliphatic imine (C=N–C) groups is 1. The Labute approximate surface area is 228 Å². The summed E-state index contributed by atoms with van der Waals surface area (Å²) in [6.07, 6.45) is 8.55. The van der Waals surface area contributed by atoms with Crippen molar-refractivity contribution in [3.8, 4) is 23.0 Å². The number of aromatic nitrogens is 4. The Morgan fingerprint density at radius 2 is 1.85 bits per heavy atom. The first kappa shape index (κ1) is 26.3. The Morgan fingerprint density at radius 3 is 2.62 bits per heavy atom. The summed E-state index contributed by atoms with van der Waals surface area (Å²) in [6, 6.07) is 13.7. The lowest BCUT2D eigenvalue weighted by Crippen LogP contribution is -2.45. The van der Waals surface area contributed by atoms with Crippen molar-refractivity contribution < 1.29 is 9.47 Å². The second-order valence-corrected chi connectivity index (χ2v) is 9.46. The fourth-order valence-corrected chi connectivity index (χ4v) is 4.47. The zero-order valence-electron chi connectivity index (χ0n) is 22.4. The Bertz CT molecular complexity index is 1440. The van der Waals surface area contributed by atoms with Gasteiger partial charge in [0.2, 0.25) is 5.88 Å². The molecule has 39 heavy (non-hydrogen) atoms. The Morgan fingerprint density at radius 1 is 1.03 bits per heavy atom. The fraction of sp³-hybridized carbons (Fsp3) is 0.310. The lowest BCUT2D eigenvalue weighted by Gasteiger charge is -2.32. The van der Waals surface area contributed by atoms with Gasteiger partial charge in [0.15, 0.2) is 0 Å². The number of hydrogen-bond acceptors (Lipinski definition) is 9. The van der Waals surface area contributed by atoms with Gasteiger partial charge in [-0.1, -0.05) is 24.3 Å². The van der Waals surface area contributed by atoms with Crippen molar-refractivity contribution in [1.29, 1.82) is 0 Å². The van der Waals surface area contributed by atoms with E-state index in [4.69, 9.17) is 15.2 Å². The molecule has 4 heterocycles. The Balaban J connectivity index is 1.20. The summed E-state index contributed by atoms with van der Waals surface area (Å²) in [4.78, 5) is 22.1. The maximum absolute atomic E-state index is 6.02. The van der Waals surface area contributed by atoms with Gasteiger partial charge in [-0.15, -0.1) is 0 Å².